The van der Waals surface area contributed by atoms with E-state index in [1.807, 2.05) is 19.1 Å². The Labute approximate surface area is 143 Å². The molecule has 5 nitrogen and oxygen atoms in total. The molecule has 2 heterocycles. The van der Waals surface area contributed by atoms with E-state index in [2.05, 4.69) is 10.3 Å². The SMILES string of the molecule is CC1(C(=O)Nc2ncc(Oc3cccc(Cl)c3)s2)CCOCC1. The van der Waals surface area contributed by atoms with E-state index < -0.39 is 5.41 Å². The lowest BCUT2D eigenvalue weighted by Gasteiger charge is -2.31. The number of nitrogens with zero attached hydrogens (tertiary/aromatic N) is 1. The lowest BCUT2D eigenvalue weighted by atomic mass is 9.81. The number of hydrogen-bond acceptors (Lipinski definition) is 5. The Hall–Kier alpha value is -1.63. The van der Waals surface area contributed by atoms with Crippen LogP contribution in [0.15, 0.2) is 30.5 Å². The fraction of sp³-hybridized carbons (Fsp3) is 0.375. The van der Waals surface area contributed by atoms with Crippen molar-refractivity contribution in [2.24, 2.45) is 5.41 Å². The Bertz CT molecular complexity index is 698. The molecule has 0 spiro atoms. The average molecular weight is 353 g/mol. The molecule has 1 saturated heterocycles. The molecule has 7 heteroatoms. The Balaban J connectivity index is 1.64. The van der Waals surface area contributed by atoms with Crippen molar-refractivity contribution in [2.45, 2.75) is 19.8 Å². The first-order chi connectivity index (χ1) is 11.0. The Morgan fingerprint density at radius 3 is 2.96 bits per heavy atom. The van der Waals surface area contributed by atoms with Gasteiger partial charge in [-0.25, -0.2) is 4.98 Å². The molecule has 0 saturated carbocycles. The van der Waals surface area contributed by atoms with Crippen molar-refractivity contribution in [1.82, 2.24) is 4.98 Å². The van der Waals surface area contributed by atoms with E-state index in [4.69, 9.17) is 21.1 Å². The number of carbonyl (C=O) groups excluding carboxylic acids is 1. The molecule has 1 fully saturated rings. The second-order valence-electron chi connectivity index (χ2n) is 5.67. The first kappa shape index (κ1) is 16.2. The third kappa shape index (κ3) is 4.02. The minimum absolute atomic E-state index is 0.0237. The molecule has 3 rings (SSSR count). The zero-order chi connectivity index (χ0) is 16.3. The van der Waals surface area contributed by atoms with E-state index >= 15 is 0 Å². The molecule has 23 heavy (non-hydrogen) atoms. The van der Waals surface area contributed by atoms with Crippen LogP contribution in [-0.4, -0.2) is 24.1 Å². The summed E-state index contributed by atoms with van der Waals surface area (Å²) in [5.41, 5.74) is -0.405. The van der Waals surface area contributed by atoms with E-state index in [9.17, 15) is 4.79 Å². The number of rotatable bonds is 4. The number of hydrogen-bond donors (Lipinski definition) is 1. The highest BCUT2D eigenvalue weighted by atomic mass is 35.5. The maximum absolute atomic E-state index is 12.4. The van der Waals surface area contributed by atoms with Crippen molar-refractivity contribution < 1.29 is 14.3 Å². The predicted molar refractivity (Wildman–Crippen MR) is 90.4 cm³/mol. The first-order valence-corrected chi connectivity index (χ1v) is 8.53. The molecule has 1 aromatic carbocycles. The molecule has 0 atom stereocenters. The topological polar surface area (TPSA) is 60.5 Å². The van der Waals surface area contributed by atoms with Crippen molar-refractivity contribution in [1.29, 1.82) is 0 Å². The Morgan fingerprint density at radius 1 is 1.43 bits per heavy atom. The molecular weight excluding hydrogens is 336 g/mol. The molecule has 1 aromatic heterocycles. The van der Waals surface area contributed by atoms with Crippen molar-refractivity contribution in [3.8, 4) is 10.8 Å². The molecular formula is C16H17ClN2O3S. The Morgan fingerprint density at radius 2 is 2.22 bits per heavy atom. The van der Waals surface area contributed by atoms with Crippen molar-refractivity contribution in [3.63, 3.8) is 0 Å². The second kappa shape index (κ2) is 6.86. The predicted octanol–water partition coefficient (Wildman–Crippen LogP) is 4.34. The molecule has 1 aliphatic rings. The molecule has 0 unspecified atom stereocenters. The van der Waals surface area contributed by atoms with Gasteiger partial charge in [-0.3, -0.25) is 4.79 Å². The number of anilines is 1. The number of ether oxygens (including phenoxy) is 2. The van der Waals surface area contributed by atoms with Gasteiger partial charge in [0.25, 0.3) is 0 Å². The number of halogens is 1. The minimum atomic E-state index is -0.405. The number of nitrogens with one attached hydrogen (secondary N) is 1. The van der Waals surface area contributed by atoms with E-state index in [1.54, 1.807) is 18.3 Å². The largest absolute Gasteiger partial charge is 0.445 e. The zero-order valence-corrected chi connectivity index (χ0v) is 14.2. The number of aromatic nitrogens is 1. The van der Waals surface area contributed by atoms with Gasteiger partial charge < -0.3 is 14.8 Å². The van der Waals surface area contributed by atoms with Crippen LogP contribution in [0.25, 0.3) is 0 Å². The average Bonchev–Trinajstić information content (AvgIpc) is 2.95. The highest BCUT2D eigenvalue weighted by molar-refractivity contribution is 7.17. The van der Waals surface area contributed by atoms with Gasteiger partial charge in [0.1, 0.15) is 5.75 Å². The summed E-state index contributed by atoms with van der Waals surface area (Å²) >= 11 is 7.21. The quantitative estimate of drug-likeness (QED) is 0.888. The summed E-state index contributed by atoms with van der Waals surface area (Å²) in [6.07, 6.45) is 3.03. The summed E-state index contributed by atoms with van der Waals surface area (Å²) in [6.45, 7) is 3.19. The zero-order valence-electron chi connectivity index (χ0n) is 12.7. The minimum Gasteiger partial charge on any atom is -0.445 e. The van der Waals surface area contributed by atoms with Gasteiger partial charge in [-0.15, -0.1) is 0 Å². The van der Waals surface area contributed by atoms with E-state index in [0.29, 0.717) is 34.2 Å². The number of amides is 1. The summed E-state index contributed by atoms with van der Waals surface area (Å²) in [5.74, 6) is 0.611. The molecule has 0 radical (unpaired) electrons. The standard InChI is InChI=1S/C16H17ClN2O3S/c1-16(5-7-21-8-6-16)14(20)19-15-18-10-13(23-15)22-12-4-2-3-11(17)9-12/h2-4,9-10H,5-8H2,1H3,(H,18,19,20). The van der Waals surface area contributed by atoms with Gasteiger partial charge in [-0.2, -0.15) is 0 Å². The number of benzene rings is 1. The van der Waals surface area contributed by atoms with E-state index in [1.165, 1.54) is 11.3 Å². The summed E-state index contributed by atoms with van der Waals surface area (Å²) in [6, 6.07) is 7.13. The van der Waals surface area contributed by atoms with E-state index in [-0.39, 0.29) is 5.91 Å². The van der Waals surface area contributed by atoms with Crippen LogP contribution in [0.4, 0.5) is 5.13 Å². The van der Waals surface area contributed by atoms with Gasteiger partial charge >= 0.3 is 0 Å². The monoisotopic (exact) mass is 352 g/mol. The third-order valence-corrected chi connectivity index (χ3v) is 4.89. The number of carbonyl (C=O) groups is 1. The van der Waals surface area contributed by atoms with Gasteiger partial charge in [0.15, 0.2) is 5.13 Å². The van der Waals surface area contributed by atoms with Crippen molar-refractivity contribution in [3.05, 3.63) is 35.5 Å². The van der Waals surface area contributed by atoms with Crippen molar-refractivity contribution >= 4 is 34.0 Å². The fourth-order valence-electron chi connectivity index (χ4n) is 2.31. The fourth-order valence-corrected chi connectivity index (χ4v) is 3.17. The van der Waals surface area contributed by atoms with Crippen LogP contribution < -0.4 is 10.1 Å². The van der Waals surface area contributed by atoms with Gasteiger partial charge in [-0.05, 0) is 31.0 Å². The molecule has 0 aliphatic carbocycles. The summed E-state index contributed by atoms with van der Waals surface area (Å²) in [7, 11) is 0. The maximum atomic E-state index is 12.4. The molecule has 2 aromatic rings. The van der Waals surface area contributed by atoms with Crippen LogP contribution in [0.2, 0.25) is 5.02 Å². The van der Waals surface area contributed by atoms with Gasteiger partial charge in [0.2, 0.25) is 11.0 Å². The lowest BCUT2D eigenvalue weighted by Crippen LogP contribution is -2.38. The van der Waals surface area contributed by atoms with Crippen molar-refractivity contribution in [2.75, 3.05) is 18.5 Å². The third-order valence-electron chi connectivity index (χ3n) is 3.86. The van der Waals surface area contributed by atoms with Crippen LogP contribution in [-0.2, 0) is 9.53 Å². The first-order valence-electron chi connectivity index (χ1n) is 7.34. The van der Waals surface area contributed by atoms with E-state index in [0.717, 1.165) is 12.8 Å². The van der Waals surface area contributed by atoms with Crippen LogP contribution >= 0.6 is 22.9 Å². The normalized spacial score (nSPS) is 16.8. The number of thiazole rings is 1. The lowest BCUT2D eigenvalue weighted by molar-refractivity contribution is -0.129. The second-order valence-corrected chi connectivity index (χ2v) is 7.10. The van der Waals surface area contributed by atoms with Crippen LogP contribution in [0, 0.1) is 5.41 Å². The van der Waals surface area contributed by atoms with Gasteiger partial charge in [0, 0.05) is 18.2 Å². The molecule has 1 aliphatic heterocycles. The molecule has 122 valence electrons. The Kier molecular flexibility index (Phi) is 4.84. The molecule has 1 amide bonds. The summed E-state index contributed by atoms with van der Waals surface area (Å²) in [4.78, 5) is 16.6. The van der Waals surface area contributed by atoms with Crippen LogP contribution in [0.1, 0.15) is 19.8 Å². The molecule has 1 N–H and O–H groups in total. The van der Waals surface area contributed by atoms with Gasteiger partial charge in [0.05, 0.1) is 11.6 Å². The van der Waals surface area contributed by atoms with Crippen LogP contribution in [0.3, 0.4) is 0 Å². The highest BCUT2D eigenvalue weighted by Crippen LogP contribution is 2.34. The summed E-state index contributed by atoms with van der Waals surface area (Å²) < 4.78 is 11.0. The van der Waals surface area contributed by atoms with Crippen LogP contribution in [0.5, 0.6) is 10.8 Å². The molecule has 0 bridgehead atoms. The summed E-state index contributed by atoms with van der Waals surface area (Å²) in [5, 5.41) is 4.61. The van der Waals surface area contributed by atoms with Gasteiger partial charge in [-0.1, -0.05) is 35.9 Å². The maximum Gasteiger partial charge on any atom is 0.232 e. The highest BCUT2D eigenvalue weighted by Gasteiger charge is 2.35. The smallest absolute Gasteiger partial charge is 0.232 e.